The monoisotopic (exact) mass is 512 g/mol. The Labute approximate surface area is 220 Å². The quantitative estimate of drug-likeness (QED) is 0.350. The van der Waals surface area contributed by atoms with Crippen molar-refractivity contribution in [3.8, 4) is 11.4 Å². The lowest BCUT2D eigenvalue weighted by molar-refractivity contribution is -0.119. The summed E-state index contributed by atoms with van der Waals surface area (Å²) in [5, 5.41) is 3.08. The van der Waals surface area contributed by atoms with Gasteiger partial charge in [-0.3, -0.25) is 9.59 Å². The Bertz CT molecular complexity index is 1420. The SMILES string of the molecule is COc1cc(C(=O)N2CCCC2C(=O)Nc2ccccc2Sc2ccccc2)ccc1-n1cnc(C)c1. The van der Waals surface area contributed by atoms with Crippen molar-refractivity contribution in [1.29, 1.82) is 0 Å². The number of aryl methyl sites for hydroxylation is 1. The number of aromatic nitrogens is 2. The van der Waals surface area contributed by atoms with E-state index in [1.54, 1.807) is 42.2 Å². The number of likely N-dealkylation sites (tertiary alicyclic amines) is 1. The molecule has 0 saturated carbocycles. The van der Waals surface area contributed by atoms with E-state index < -0.39 is 6.04 Å². The van der Waals surface area contributed by atoms with Gasteiger partial charge in [-0.25, -0.2) is 4.98 Å². The van der Waals surface area contributed by atoms with Crippen molar-refractivity contribution < 1.29 is 14.3 Å². The average molecular weight is 513 g/mol. The number of rotatable bonds is 7. The third-order valence-electron chi connectivity index (χ3n) is 6.35. The number of para-hydroxylation sites is 1. The number of benzene rings is 3. The number of nitrogens with zero attached hydrogens (tertiary/aromatic N) is 3. The summed E-state index contributed by atoms with van der Waals surface area (Å²) in [6, 6.07) is 22.6. The van der Waals surface area contributed by atoms with Gasteiger partial charge in [0.1, 0.15) is 11.8 Å². The molecule has 2 amide bonds. The van der Waals surface area contributed by atoms with E-state index in [-0.39, 0.29) is 11.8 Å². The fourth-order valence-corrected chi connectivity index (χ4v) is 5.44. The summed E-state index contributed by atoms with van der Waals surface area (Å²) in [6.45, 7) is 2.44. The van der Waals surface area contributed by atoms with Gasteiger partial charge >= 0.3 is 0 Å². The molecule has 4 aromatic rings. The van der Waals surface area contributed by atoms with Gasteiger partial charge in [0.25, 0.3) is 5.91 Å². The topological polar surface area (TPSA) is 76.5 Å². The Morgan fingerprint density at radius 3 is 2.59 bits per heavy atom. The number of methoxy groups -OCH3 is 1. The maximum Gasteiger partial charge on any atom is 0.254 e. The Kier molecular flexibility index (Phi) is 7.28. The van der Waals surface area contributed by atoms with Gasteiger partial charge < -0.3 is 19.5 Å². The number of carbonyl (C=O) groups excluding carboxylic acids is 2. The number of anilines is 1. The van der Waals surface area contributed by atoms with Crippen LogP contribution in [-0.2, 0) is 4.79 Å². The standard InChI is InChI=1S/C29H28N4O3S/c1-20-18-32(19-30-20)24-15-14-21(17-26(24)36-2)29(35)33-16-8-12-25(33)28(34)31-23-11-6-7-13-27(23)37-22-9-4-3-5-10-22/h3-7,9-11,13-15,17-19,25H,8,12,16H2,1-2H3,(H,31,34). The van der Waals surface area contributed by atoms with E-state index in [2.05, 4.69) is 10.3 Å². The fourth-order valence-electron chi connectivity index (χ4n) is 4.52. The van der Waals surface area contributed by atoms with Crippen molar-refractivity contribution in [2.75, 3.05) is 19.0 Å². The average Bonchev–Trinajstić information content (AvgIpc) is 3.59. The molecule has 1 unspecified atom stereocenters. The molecule has 1 fully saturated rings. The largest absolute Gasteiger partial charge is 0.495 e. The van der Waals surface area contributed by atoms with Crippen LogP contribution in [0, 0.1) is 6.92 Å². The molecule has 0 radical (unpaired) electrons. The first-order valence-corrected chi connectivity index (χ1v) is 13.0. The molecule has 1 aliphatic heterocycles. The highest BCUT2D eigenvalue weighted by atomic mass is 32.2. The third kappa shape index (κ3) is 5.39. The van der Waals surface area contributed by atoms with E-state index in [1.165, 1.54) is 0 Å². The fraction of sp³-hybridized carbons (Fsp3) is 0.207. The highest BCUT2D eigenvalue weighted by molar-refractivity contribution is 7.99. The van der Waals surface area contributed by atoms with Gasteiger partial charge in [-0.15, -0.1) is 0 Å². The van der Waals surface area contributed by atoms with Gasteiger partial charge in [-0.2, -0.15) is 0 Å². The summed E-state index contributed by atoms with van der Waals surface area (Å²) < 4.78 is 7.44. The molecular formula is C29H28N4O3S. The van der Waals surface area contributed by atoms with E-state index in [4.69, 9.17) is 4.74 Å². The Balaban J connectivity index is 1.33. The molecule has 1 atom stereocenters. The van der Waals surface area contributed by atoms with Crippen LogP contribution in [-0.4, -0.2) is 46.0 Å². The molecule has 1 saturated heterocycles. The zero-order valence-electron chi connectivity index (χ0n) is 20.8. The molecule has 37 heavy (non-hydrogen) atoms. The summed E-state index contributed by atoms with van der Waals surface area (Å²) in [4.78, 5) is 34.9. The smallest absolute Gasteiger partial charge is 0.254 e. The van der Waals surface area contributed by atoms with Crippen LogP contribution in [0.15, 0.2) is 95.1 Å². The van der Waals surface area contributed by atoms with Crippen LogP contribution in [0.5, 0.6) is 5.75 Å². The van der Waals surface area contributed by atoms with E-state index in [9.17, 15) is 9.59 Å². The molecule has 0 spiro atoms. The number of hydrogen-bond acceptors (Lipinski definition) is 5. The van der Waals surface area contributed by atoms with Crippen LogP contribution in [0.2, 0.25) is 0 Å². The minimum atomic E-state index is -0.538. The highest BCUT2D eigenvalue weighted by Gasteiger charge is 2.35. The predicted molar refractivity (Wildman–Crippen MR) is 145 cm³/mol. The van der Waals surface area contributed by atoms with Gasteiger partial charge in [0.05, 0.1) is 30.5 Å². The second kappa shape index (κ2) is 10.9. The van der Waals surface area contributed by atoms with Crippen molar-refractivity contribution in [1.82, 2.24) is 14.5 Å². The number of amides is 2. The van der Waals surface area contributed by atoms with Gasteiger partial charge in [-0.1, -0.05) is 42.1 Å². The summed E-state index contributed by atoms with van der Waals surface area (Å²) in [6.07, 6.45) is 5.00. The summed E-state index contributed by atoms with van der Waals surface area (Å²) >= 11 is 1.59. The molecule has 188 valence electrons. The molecule has 3 aromatic carbocycles. The summed E-state index contributed by atoms with van der Waals surface area (Å²) in [7, 11) is 1.58. The Hall–Kier alpha value is -4.04. The first kappa shape index (κ1) is 24.6. The van der Waals surface area contributed by atoms with E-state index in [0.717, 1.165) is 33.3 Å². The number of imidazole rings is 1. The highest BCUT2D eigenvalue weighted by Crippen LogP contribution is 2.34. The third-order valence-corrected chi connectivity index (χ3v) is 7.43. The number of ether oxygens (including phenoxy) is 1. The van der Waals surface area contributed by atoms with Gasteiger partial charge in [0, 0.05) is 28.1 Å². The molecule has 5 rings (SSSR count). The lowest BCUT2D eigenvalue weighted by Gasteiger charge is -2.25. The zero-order valence-corrected chi connectivity index (χ0v) is 21.6. The van der Waals surface area contributed by atoms with Crippen molar-refractivity contribution in [3.63, 3.8) is 0 Å². The summed E-state index contributed by atoms with van der Waals surface area (Å²) in [5.74, 6) is 0.205. The van der Waals surface area contributed by atoms with E-state index >= 15 is 0 Å². The van der Waals surface area contributed by atoms with Crippen molar-refractivity contribution in [3.05, 3.63) is 96.6 Å². The van der Waals surface area contributed by atoms with Gasteiger partial charge in [-0.05, 0) is 62.2 Å². The van der Waals surface area contributed by atoms with E-state index in [1.807, 2.05) is 78.4 Å². The molecule has 8 heteroatoms. The summed E-state index contributed by atoms with van der Waals surface area (Å²) in [5.41, 5.74) is 2.90. The van der Waals surface area contributed by atoms with Crippen LogP contribution in [0.4, 0.5) is 5.69 Å². The molecule has 1 aliphatic rings. The molecule has 0 aliphatic carbocycles. The van der Waals surface area contributed by atoms with E-state index in [0.29, 0.717) is 24.3 Å². The van der Waals surface area contributed by atoms with Gasteiger partial charge in [0.15, 0.2) is 0 Å². The maximum absolute atomic E-state index is 13.5. The van der Waals surface area contributed by atoms with Crippen LogP contribution in [0.3, 0.4) is 0 Å². The van der Waals surface area contributed by atoms with Crippen molar-refractivity contribution >= 4 is 29.3 Å². The first-order valence-electron chi connectivity index (χ1n) is 12.2. The minimum Gasteiger partial charge on any atom is -0.495 e. The second-order valence-electron chi connectivity index (χ2n) is 8.87. The van der Waals surface area contributed by atoms with Gasteiger partial charge in [0.2, 0.25) is 5.91 Å². The van der Waals surface area contributed by atoms with Crippen molar-refractivity contribution in [2.45, 2.75) is 35.6 Å². The Morgan fingerprint density at radius 1 is 1.05 bits per heavy atom. The normalized spacial score (nSPS) is 15.0. The zero-order chi connectivity index (χ0) is 25.8. The van der Waals surface area contributed by atoms with Crippen LogP contribution >= 0.6 is 11.8 Å². The Morgan fingerprint density at radius 2 is 1.84 bits per heavy atom. The maximum atomic E-state index is 13.5. The molecule has 1 N–H and O–H groups in total. The lowest BCUT2D eigenvalue weighted by Crippen LogP contribution is -2.43. The minimum absolute atomic E-state index is 0.176. The number of hydrogen-bond donors (Lipinski definition) is 1. The molecule has 0 bridgehead atoms. The second-order valence-corrected chi connectivity index (χ2v) is 9.98. The predicted octanol–water partition coefficient (Wildman–Crippen LogP) is 5.58. The number of carbonyl (C=O) groups is 2. The number of nitrogens with one attached hydrogen (secondary N) is 1. The molecule has 1 aromatic heterocycles. The van der Waals surface area contributed by atoms with Crippen LogP contribution in [0.25, 0.3) is 5.69 Å². The first-order chi connectivity index (χ1) is 18.0. The van der Waals surface area contributed by atoms with Crippen molar-refractivity contribution in [2.24, 2.45) is 0 Å². The molecule has 2 heterocycles. The van der Waals surface area contributed by atoms with Crippen LogP contribution in [0.1, 0.15) is 28.9 Å². The molecule has 7 nitrogen and oxygen atoms in total. The lowest BCUT2D eigenvalue weighted by atomic mass is 10.1. The van der Waals surface area contributed by atoms with Crippen LogP contribution < -0.4 is 10.1 Å². The molecular weight excluding hydrogens is 484 g/mol.